The van der Waals surface area contributed by atoms with Gasteiger partial charge in [-0.15, -0.1) is 0 Å². The van der Waals surface area contributed by atoms with Crippen molar-refractivity contribution >= 4 is 23.7 Å². The minimum Gasteiger partial charge on any atom is -0.286 e. The number of allylic oxidation sites excluding steroid dienone is 6. The molecule has 0 bridgehead atoms. The molecule has 2 rings (SSSR count). The van der Waals surface area contributed by atoms with E-state index >= 15 is 0 Å². The summed E-state index contributed by atoms with van der Waals surface area (Å²) in [5.41, 5.74) is 2.07. The standard InChI is InChI=1S/C22H18O2/c23-21(17-9-7-15-19-11-3-1-4-12-19)22(24)18-10-8-16-20-13-5-2-6-14-20/h1-18H. The summed E-state index contributed by atoms with van der Waals surface area (Å²) in [6.45, 7) is 0. The molecule has 0 spiro atoms. The Morgan fingerprint density at radius 3 is 1.29 bits per heavy atom. The zero-order chi connectivity index (χ0) is 17.0. The Hall–Kier alpha value is -3.26. The average molecular weight is 314 g/mol. The van der Waals surface area contributed by atoms with Gasteiger partial charge in [-0.05, 0) is 23.3 Å². The Balaban J connectivity index is 1.82. The lowest BCUT2D eigenvalue weighted by molar-refractivity contribution is -0.130. The van der Waals surface area contributed by atoms with E-state index in [9.17, 15) is 9.59 Å². The molecular formula is C22H18O2. The molecule has 0 saturated carbocycles. The SMILES string of the molecule is O=C(C=CC=Cc1ccccc1)C(=O)C=CC=Cc1ccccc1. The van der Waals surface area contributed by atoms with E-state index in [-0.39, 0.29) is 0 Å². The molecule has 0 aliphatic carbocycles. The van der Waals surface area contributed by atoms with E-state index in [1.807, 2.05) is 72.8 Å². The van der Waals surface area contributed by atoms with Crippen molar-refractivity contribution in [3.8, 4) is 0 Å². The first kappa shape index (κ1) is 17.1. The van der Waals surface area contributed by atoms with Crippen LogP contribution in [0.5, 0.6) is 0 Å². The van der Waals surface area contributed by atoms with Gasteiger partial charge >= 0.3 is 0 Å². The number of hydrogen-bond donors (Lipinski definition) is 0. The third-order valence-corrected chi connectivity index (χ3v) is 3.14. The minimum atomic E-state index is -0.544. The van der Waals surface area contributed by atoms with Crippen LogP contribution in [-0.4, -0.2) is 11.6 Å². The zero-order valence-electron chi connectivity index (χ0n) is 13.2. The molecule has 0 aliphatic rings. The van der Waals surface area contributed by atoms with E-state index in [2.05, 4.69) is 0 Å². The molecule has 0 aliphatic heterocycles. The maximum absolute atomic E-state index is 11.7. The van der Waals surface area contributed by atoms with Crippen molar-refractivity contribution in [3.63, 3.8) is 0 Å². The molecule has 2 aromatic carbocycles. The molecule has 0 aromatic heterocycles. The summed E-state index contributed by atoms with van der Waals surface area (Å²) in [6, 6.07) is 19.5. The molecular weight excluding hydrogens is 296 g/mol. The second-order valence-corrected chi connectivity index (χ2v) is 4.99. The van der Waals surface area contributed by atoms with Gasteiger partial charge in [0.1, 0.15) is 0 Å². The quantitative estimate of drug-likeness (QED) is 0.423. The van der Waals surface area contributed by atoms with Gasteiger partial charge in [-0.3, -0.25) is 9.59 Å². The summed E-state index contributed by atoms with van der Waals surface area (Å²) in [4.78, 5) is 23.3. The Morgan fingerprint density at radius 1 is 0.542 bits per heavy atom. The van der Waals surface area contributed by atoms with E-state index in [1.165, 1.54) is 12.2 Å². The normalized spacial score (nSPS) is 11.8. The molecule has 0 atom stereocenters. The first-order chi connectivity index (χ1) is 11.8. The fraction of sp³-hybridized carbons (Fsp3) is 0. The first-order valence-electron chi connectivity index (χ1n) is 7.63. The van der Waals surface area contributed by atoms with Crippen LogP contribution < -0.4 is 0 Å². The number of hydrogen-bond acceptors (Lipinski definition) is 2. The predicted molar refractivity (Wildman–Crippen MR) is 99.2 cm³/mol. The molecule has 2 nitrogen and oxygen atoms in total. The van der Waals surface area contributed by atoms with Crippen LogP contribution in [0.4, 0.5) is 0 Å². The molecule has 0 unspecified atom stereocenters. The van der Waals surface area contributed by atoms with Crippen LogP contribution in [-0.2, 0) is 9.59 Å². The molecule has 0 amide bonds. The number of ketones is 2. The fourth-order valence-electron chi connectivity index (χ4n) is 1.91. The summed E-state index contributed by atoms with van der Waals surface area (Å²) in [7, 11) is 0. The molecule has 0 saturated heterocycles. The van der Waals surface area contributed by atoms with Crippen LogP contribution in [0.1, 0.15) is 11.1 Å². The van der Waals surface area contributed by atoms with Crippen molar-refractivity contribution in [1.29, 1.82) is 0 Å². The monoisotopic (exact) mass is 314 g/mol. The first-order valence-corrected chi connectivity index (χ1v) is 7.63. The van der Waals surface area contributed by atoms with Gasteiger partial charge in [0.15, 0.2) is 0 Å². The second-order valence-electron chi connectivity index (χ2n) is 4.99. The number of carbonyl (C=O) groups is 2. The van der Waals surface area contributed by atoms with Gasteiger partial charge in [0.25, 0.3) is 0 Å². The van der Waals surface area contributed by atoms with Crippen LogP contribution in [0, 0.1) is 0 Å². The van der Waals surface area contributed by atoms with Crippen LogP contribution in [0.15, 0.2) is 97.1 Å². The van der Waals surface area contributed by atoms with E-state index in [4.69, 9.17) is 0 Å². The smallest absolute Gasteiger partial charge is 0.225 e. The van der Waals surface area contributed by atoms with Crippen molar-refractivity contribution in [3.05, 3.63) is 108 Å². The highest BCUT2D eigenvalue weighted by molar-refractivity contribution is 6.45. The van der Waals surface area contributed by atoms with Crippen molar-refractivity contribution in [2.75, 3.05) is 0 Å². The van der Waals surface area contributed by atoms with E-state index in [0.717, 1.165) is 11.1 Å². The third-order valence-electron chi connectivity index (χ3n) is 3.14. The molecule has 2 heteroatoms. The van der Waals surface area contributed by atoms with Gasteiger partial charge in [0, 0.05) is 0 Å². The molecule has 2 aromatic rings. The fourth-order valence-corrected chi connectivity index (χ4v) is 1.91. The Labute approximate surface area is 142 Å². The van der Waals surface area contributed by atoms with Gasteiger partial charge in [0.05, 0.1) is 0 Å². The van der Waals surface area contributed by atoms with Crippen LogP contribution in [0.25, 0.3) is 12.2 Å². The molecule has 24 heavy (non-hydrogen) atoms. The number of benzene rings is 2. The summed E-state index contributed by atoms with van der Waals surface area (Å²) >= 11 is 0. The maximum Gasteiger partial charge on any atom is 0.225 e. The van der Waals surface area contributed by atoms with Gasteiger partial charge in [-0.25, -0.2) is 0 Å². The van der Waals surface area contributed by atoms with Crippen molar-refractivity contribution in [2.45, 2.75) is 0 Å². The lowest BCUT2D eigenvalue weighted by atomic mass is 10.2. The van der Waals surface area contributed by atoms with E-state index in [0.29, 0.717) is 0 Å². The van der Waals surface area contributed by atoms with Crippen LogP contribution in [0.2, 0.25) is 0 Å². The van der Waals surface area contributed by atoms with E-state index in [1.54, 1.807) is 24.3 Å². The summed E-state index contributed by atoms with van der Waals surface area (Å²) in [6.07, 6.45) is 12.9. The Kier molecular flexibility index (Phi) is 6.91. The van der Waals surface area contributed by atoms with Gasteiger partial charge in [-0.1, -0.05) is 97.1 Å². The zero-order valence-corrected chi connectivity index (χ0v) is 13.2. The largest absolute Gasteiger partial charge is 0.286 e. The highest BCUT2D eigenvalue weighted by atomic mass is 16.2. The highest BCUT2D eigenvalue weighted by Crippen LogP contribution is 2.02. The Bertz CT molecular complexity index is 710. The maximum atomic E-state index is 11.7. The van der Waals surface area contributed by atoms with Crippen LogP contribution >= 0.6 is 0 Å². The lowest BCUT2D eigenvalue weighted by Gasteiger charge is -1.89. The molecule has 0 fully saturated rings. The summed E-state index contributed by atoms with van der Waals surface area (Å²) < 4.78 is 0. The topological polar surface area (TPSA) is 34.1 Å². The average Bonchev–Trinajstić information content (AvgIpc) is 2.63. The Morgan fingerprint density at radius 2 is 0.917 bits per heavy atom. The lowest BCUT2D eigenvalue weighted by Crippen LogP contribution is -2.06. The van der Waals surface area contributed by atoms with Gasteiger partial charge < -0.3 is 0 Å². The minimum absolute atomic E-state index is 0.544. The molecule has 0 radical (unpaired) electrons. The third kappa shape index (κ3) is 6.24. The van der Waals surface area contributed by atoms with Crippen molar-refractivity contribution in [1.82, 2.24) is 0 Å². The van der Waals surface area contributed by atoms with Crippen molar-refractivity contribution in [2.24, 2.45) is 0 Å². The molecule has 118 valence electrons. The van der Waals surface area contributed by atoms with Gasteiger partial charge in [-0.2, -0.15) is 0 Å². The molecule has 0 N–H and O–H groups in total. The van der Waals surface area contributed by atoms with Crippen LogP contribution in [0.3, 0.4) is 0 Å². The summed E-state index contributed by atoms with van der Waals surface area (Å²) in [5, 5.41) is 0. The van der Waals surface area contributed by atoms with E-state index < -0.39 is 11.6 Å². The summed E-state index contributed by atoms with van der Waals surface area (Å²) in [5.74, 6) is -1.09. The second kappa shape index (κ2) is 9.70. The number of carbonyl (C=O) groups excluding carboxylic acids is 2. The van der Waals surface area contributed by atoms with Gasteiger partial charge in [0.2, 0.25) is 11.6 Å². The number of rotatable bonds is 7. The highest BCUT2D eigenvalue weighted by Gasteiger charge is 2.03. The predicted octanol–water partition coefficient (Wildman–Crippen LogP) is 4.66. The van der Waals surface area contributed by atoms with Crippen molar-refractivity contribution < 1.29 is 9.59 Å². The molecule has 0 heterocycles.